The molecule has 0 rings (SSSR count). The minimum Gasteiger partial charge on any atom is -0.465 e. The summed E-state index contributed by atoms with van der Waals surface area (Å²) in [6.07, 6.45) is 14.7. The lowest BCUT2D eigenvalue weighted by molar-refractivity contribution is -0.145. The molecule has 0 fully saturated rings. The number of unbranched alkanes of at least 4 members (excludes halogenated alkanes) is 9. The minimum absolute atomic E-state index is 0.120. The molecule has 0 radical (unpaired) electrons. The largest absolute Gasteiger partial charge is 0.465 e. The first-order valence-corrected chi connectivity index (χ1v) is 10.5. The summed E-state index contributed by atoms with van der Waals surface area (Å²) < 4.78 is 5.36. The number of carbonyl (C=O) groups excluding carboxylic acids is 1. The van der Waals surface area contributed by atoms with E-state index < -0.39 is 0 Å². The zero-order chi connectivity index (χ0) is 18.6. The molecule has 4 N–H and O–H groups in total. The molecular formula is C20H43N3O2. The summed E-state index contributed by atoms with van der Waals surface area (Å²) in [6.45, 7) is 6.13. The molecular weight excluding hydrogens is 314 g/mol. The van der Waals surface area contributed by atoms with Crippen molar-refractivity contribution in [2.24, 2.45) is 11.5 Å². The van der Waals surface area contributed by atoms with E-state index in [1.807, 2.05) is 0 Å². The summed E-state index contributed by atoms with van der Waals surface area (Å²) in [5.41, 5.74) is 11.1. The highest BCUT2D eigenvalue weighted by atomic mass is 16.5. The van der Waals surface area contributed by atoms with E-state index in [2.05, 4.69) is 11.8 Å². The minimum atomic E-state index is -0.120. The fourth-order valence-corrected chi connectivity index (χ4v) is 2.90. The molecule has 5 heteroatoms. The number of hydrogen-bond donors (Lipinski definition) is 2. The zero-order valence-corrected chi connectivity index (χ0v) is 16.6. The Labute approximate surface area is 155 Å². The van der Waals surface area contributed by atoms with E-state index in [0.29, 0.717) is 26.2 Å². The van der Waals surface area contributed by atoms with Crippen LogP contribution in [-0.4, -0.2) is 50.2 Å². The number of hydrogen-bond acceptors (Lipinski definition) is 5. The zero-order valence-electron chi connectivity index (χ0n) is 16.6. The summed E-state index contributed by atoms with van der Waals surface area (Å²) in [5, 5.41) is 0. The molecule has 5 nitrogen and oxygen atoms in total. The molecule has 150 valence electrons. The highest BCUT2D eigenvalue weighted by molar-refractivity contribution is 5.71. The molecule has 0 spiro atoms. The van der Waals surface area contributed by atoms with Crippen LogP contribution in [0.2, 0.25) is 0 Å². The van der Waals surface area contributed by atoms with E-state index in [9.17, 15) is 4.79 Å². The Balaban J connectivity index is 3.51. The van der Waals surface area contributed by atoms with E-state index >= 15 is 0 Å². The first-order valence-electron chi connectivity index (χ1n) is 10.5. The highest BCUT2D eigenvalue weighted by Crippen LogP contribution is 2.10. The monoisotopic (exact) mass is 357 g/mol. The van der Waals surface area contributed by atoms with Crippen molar-refractivity contribution in [1.82, 2.24) is 4.90 Å². The molecule has 0 aromatic rings. The molecule has 0 aliphatic rings. The third-order valence-corrected chi connectivity index (χ3v) is 4.47. The van der Waals surface area contributed by atoms with Crippen LogP contribution in [0.3, 0.4) is 0 Å². The predicted octanol–water partition coefficient (Wildman–Crippen LogP) is 3.45. The fourth-order valence-electron chi connectivity index (χ4n) is 2.90. The molecule has 0 aromatic carbocycles. The van der Waals surface area contributed by atoms with E-state index in [1.54, 1.807) is 0 Å². The number of nitrogens with two attached hydrogens (primary N) is 2. The van der Waals surface area contributed by atoms with Gasteiger partial charge in [-0.1, -0.05) is 64.7 Å². The summed E-state index contributed by atoms with van der Waals surface area (Å²) in [7, 11) is 0. The fraction of sp³-hybridized carbons (Fsp3) is 0.950. The molecule has 0 saturated carbocycles. The van der Waals surface area contributed by atoms with Gasteiger partial charge in [0.05, 0.1) is 13.2 Å². The van der Waals surface area contributed by atoms with Crippen molar-refractivity contribution >= 4 is 5.97 Å². The molecule has 0 amide bonds. The van der Waals surface area contributed by atoms with Gasteiger partial charge in [0.2, 0.25) is 0 Å². The van der Waals surface area contributed by atoms with Gasteiger partial charge in [-0.15, -0.1) is 0 Å². The van der Waals surface area contributed by atoms with Crippen LogP contribution < -0.4 is 11.5 Å². The van der Waals surface area contributed by atoms with Gasteiger partial charge in [0.25, 0.3) is 0 Å². The first kappa shape index (κ1) is 24.4. The molecule has 0 bridgehead atoms. The Kier molecular flexibility index (Phi) is 19.2. The second-order valence-corrected chi connectivity index (χ2v) is 6.96. The van der Waals surface area contributed by atoms with Gasteiger partial charge in [0.1, 0.15) is 0 Å². The summed E-state index contributed by atoms with van der Waals surface area (Å²) in [4.78, 5) is 14.0. The Morgan fingerprint density at radius 3 is 1.72 bits per heavy atom. The quantitative estimate of drug-likeness (QED) is 0.273. The lowest BCUT2D eigenvalue weighted by Gasteiger charge is -2.20. The van der Waals surface area contributed by atoms with Crippen molar-refractivity contribution in [2.75, 3.05) is 39.3 Å². The van der Waals surface area contributed by atoms with E-state index in [1.165, 1.54) is 51.4 Å². The van der Waals surface area contributed by atoms with Gasteiger partial charge in [0, 0.05) is 0 Å². The Morgan fingerprint density at radius 1 is 0.760 bits per heavy atom. The van der Waals surface area contributed by atoms with Gasteiger partial charge in [-0.3, -0.25) is 9.69 Å². The van der Waals surface area contributed by atoms with Crippen LogP contribution in [0.1, 0.15) is 84.0 Å². The molecule has 0 aliphatic carbocycles. The third kappa shape index (κ3) is 18.0. The first-order chi connectivity index (χ1) is 12.2. The van der Waals surface area contributed by atoms with Crippen LogP contribution in [0.25, 0.3) is 0 Å². The van der Waals surface area contributed by atoms with E-state index in [-0.39, 0.29) is 5.97 Å². The summed E-state index contributed by atoms with van der Waals surface area (Å²) in [6, 6.07) is 0. The Hall–Kier alpha value is -0.650. The van der Waals surface area contributed by atoms with Gasteiger partial charge in [-0.25, -0.2) is 0 Å². The van der Waals surface area contributed by atoms with Crippen LogP contribution in [0.15, 0.2) is 0 Å². The number of carbonyl (C=O) groups is 1. The second kappa shape index (κ2) is 19.7. The second-order valence-electron chi connectivity index (χ2n) is 6.96. The topological polar surface area (TPSA) is 81.6 Å². The van der Waals surface area contributed by atoms with Crippen LogP contribution in [0.5, 0.6) is 0 Å². The van der Waals surface area contributed by atoms with Crippen LogP contribution in [0, 0.1) is 0 Å². The molecule has 0 saturated heterocycles. The standard InChI is InChI=1S/C20H43N3O2/c1-2-3-4-5-6-7-8-9-10-11-18-25-20(24)19-23(16-12-14-21)17-13-15-22/h2-19,21-22H2,1H3. The average Bonchev–Trinajstić information content (AvgIpc) is 2.61. The number of rotatable bonds is 19. The lowest BCUT2D eigenvalue weighted by Crippen LogP contribution is -2.34. The normalized spacial score (nSPS) is 11.2. The van der Waals surface area contributed by atoms with Crippen molar-refractivity contribution < 1.29 is 9.53 Å². The summed E-state index contributed by atoms with van der Waals surface area (Å²) in [5.74, 6) is -0.120. The number of esters is 1. The average molecular weight is 358 g/mol. The smallest absolute Gasteiger partial charge is 0.320 e. The van der Waals surface area contributed by atoms with Gasteiger partial charge in [0.15, 0.2) is 0 Å². The van der Waals surface area contributed by atoms with Gasteiger partial charge >= 0.3 is 5.97 Å². The van der Waals surface area contributed by atoms with Crippen molar-refractivity contribution in [3.8, 4) is 0 Å². The van der Waals surface area contributed by atoms with Crippen molar-refractivity contribution in [2.45, 2.75) is 84.0 Å². The number of ether oxygens (including phenoxy) is 1. The lowest BCUT2D eigenvalue weighted by atomic mass is 10.1. The Morgan fingerprint density at radius 2 is 1.24 bits per heavy atom. The molecule has 0 unspecified atom stereocenters. The molecule has 0 aliphatic heterocycles. The molecule has 0 heterocycles. The Bertz CT molecular complexity index is 280. The molecule has 0 aromatic heterocycles. The van der Waals surface area contributed by atoms with Crippen LogP contribution in [-0.2, 0) is 9.53 Å². The van der Waals surface area contributed by atoms with Crippen molar-refractivity contribution in [3.63, 3.8) is 0 Å². The maximum absolute atomic E-state index is 11.9. The molecule has 0 atom stereocenters. The highest BCUT2D eigenvalue weighted by Gasteiger charge is 2.10. The van der Waals surface area contributed by atoms with E-state index in [0.717, 1.165) is 38.8 Å². The molecule has 25 heavy (non-hydrogen) atoms. The van der Waals surface area contributed by atoms with E-state index in [4.69, 9.17) is 16.2 Å². The van der Waals surface area contributed by atoms with Crippen LogP contribution in [0.4, 0.5) is 0 Å². The van der Waals surface area contributed by atoms with Gasteiger partial charge in [-0.2, -0.15) is 0 Å². The van der Waals surface area contributed by atoms with Gasteiger partial charge < -0.3 is 16.2 Å². The van der Waals surface area contributed by atoms with Crippen molar-refractivity contribution in [3.05, 3.63) is 0 Å². The van der Waals surface area contributed by atoms with Gasteiger partial charge in [-0.05, 0) is 45.4 Å². The predicted molar refractivity (Wildman–Crippen MR) is 107 cm³/mol. The SMILES string of the molecule is CCCCCCCCCCCCOC(=O)CN(CCCN)CCCN. The third-order valence-electron chi connectivity index (χ3n) is 4.47. The number of nitrogens with zero attached hydrogens (tertiary/aromatic N) is 1. The van der Waals surface area contributed by atoms with Crippen LogP contribution >= 0.6 is 0 Å². The maximum Gasteiger partial charge on any atom is 0.320 e. The van der Waals surface area contributed by atoms with Crippen molar-refractivity contribution in [1.29, 1.82) is 0 Å². The maximum atomic E-state index is 11.9. The summed E-state index contributed by atoms with van der Waals surface area (Å²) >= 11 is 0.